The molecule has 4 atom stereocenters. The average Bonchev–Trinajstić information content (AvgIpc) is 2.74. The topological polar surface area (TPSA) is 35.2 Å². The van der Waals surface area contributed by atoms with Crippen molar-refractivity contribution in [1.29, 1.82) is 0 Å². The van der Waals surface area contributed by atoms with E-state index in [1.165, 1.54) is 12.8 Å². The summed E-state index contributed by atoms with van der Waals surface area (Å²) in [6.07, 6.45) is 5.40. The molecule has 0 aliphatic carbocycles. The lowest BCUT2D eigenvalue weighted by atomic mass is 9.83. The molecule has 2 heteroatoms. The number of ether oxygens (including phenoxy) is 1. The highest BCUT2D eigenvalue weighted by atomic mass is 16.5. The molecule has 2 N–H and O–H groups in total. The molecule has 0 amide bonds. The zero-order valence-corrected chi connectivity index (χ0v) is 8.12. The third-order valence-electron chi connectivity index (χ3n) is 3.22. The summed E-state index contributed by atoms with van der Waals surface area (Å²) in [5.41, 5.74) is 6.07. The van der Waals surface area contributed by atoms with Crippen LogP contribution in [0.25, 0.3) is 0 Å². The van der Waals surface area contributed by atoms with Gasteiger partial charge in [0, 0.05) is 18.4 Å². The first kappa shape index (κ1) is 9.05. The van der Waals surface area contributed by atoms with Crippen molar-refractivity contribution in [2.24, 2.45) is 11.7 Å². The van der Waals surface area contributed by atoms with Gasteiger partial charge in [0.15, 0.2) is 0 Å². The first-order chi connectivity index (χ1) is 6.31. The zero-order chi connectivity index (χ0) is 9.26. The summed E-state index contributed by atoms with van der Waals surface area (Å²) in [6, 6.07) is 0.225. The molecule has 72 valence electrons. The molecule has 2 rings (SSSR count). The van der Waals surface area contributed by atoms with Crippen LogP contribution in [-0.4, -0.2) is 18.2 Å². The highest BCUT2D eigenvalue weighted by Gasteiger charge is 2.42. The lowest BCUT2D eigenvalue weighted by Gasteiger charge is -2.23. The Morgan fingerprint density at radius 2 is 2.38 bits per heavy atom. The van der Waals surface area contributed by atoms with Gasteiger partial charge in [-0.3, -0.25) is 0 Å². The van der Waals surface area contributed by atoms with Crippen molar-refractivity contribution in [1.82, 2.24) is 0 Å². The molecule has 2 nitrogen and oxygen atoms in total. The van der Waals surface area contributed by atoms with E-state index in [-0.39, 0.29) is 6.04 Å². The van der Waals surface area contributed by atoms with Crippen LogP contribution in [0.15, 0.2) is 0 Å². The Bertz CT molecular complexity index is 240. The Labute approximate surface area is 79.8 Å². The quantitative estimate of drug-likeness (QED) is 0.648. The van der Waals surface area contributed by atoms with Crippen LogP contribution in [0.1, 0.15) is 32.6 Å². The van der Waals surface area contributed by atoms with E-state index in [0.717, 1.165) is 12.8 Å². The second-order valence-electron chi connectivity index (χ2n) is 4.07. The lowest BCUT2D eigenvalue weighted by molar-refractivity contribution is 0.0888. The van der Waals surface area contributed by atoms with Gasteiger partial charge in [-0.25, -0.2) is 0 Å². The van der Waals surface area contributed by atoms with Crippen molar-refractivity contribution < 1.29 is 4.74 Å². The second-order valence-corrected chi connectivity index (χ2v) is 4.07. The van der Waals surface area contributed by atoms with Crippen LogP contribution in [0.3, 0.4) is 0 Å². The molecule has 0 aromatic heterocycles. The van der Waals surface area contributed by atoms with E-state index in [1.807, 2.05) is 6.92 Å². The molecule has 2 fully saturated rings. The van der Waals surface area contributed by atoms with Crippen molar-refractivity contribution >= 4 is 0 Å². The molecule has 2 saturated heterocycles. The Hall–Kier alpha value is -0.520. The highest BCUT2D eigenvalue weighted by Crippen LogP contribution is 2.40. The number of hydrogen-bond acceptors (Lipinski definition) is 2. The molecule has 2 heterocycles. The largest absolute Gasteiger partial charge is 0.375 e. The van der Waals surface area contributed by atoms with Gasteiger partial charge >= 0.3 is 0 Å². The van der Waals surface area contributed by atoms with Crippen LogP contribution >= 0.6 is 0 Å². The fourth-order valence-electron chi connectivity index (χ4n) is 2.50. The predicted molar refractivity (Wildman–Crippen MR) is 52.0 cm³/mol. The zero-order valence-electron chi connectivity index (χ0n) is 8.12. The van der Waals surface area contributed by atoms with Crippen molar-refractivity contribution in [2.45, 2.75) is 50.9 Å². The molecule has 2 aliphatic heterocycles. The van der Waals surface area contributed by atoms with E-state index in [0.29, 0.717) is 18.1 Å². The van der Waals surface area contributed by atoms with E-state index >= 15 is 0 Å². The van der Waals surface area contributed by atoms with E-state index < -0.39 is 0 Å². The minimum Gasteiger partial charge on any atom is -0.375 e. The van der Waals surface area contributed by atoms with Crippen LogP contribution < -0.4 is 5.73 Å². The molecule has 0 saturated carbocycles. The summed E-state index contributed by atoms with van der Waals surface area (Å²) < 4.78 is 5.76. The monoisotopic (exact) mass is 179 g/mol. The molecule has 0 aromatic carbocycles. The number of fused-ring (bicyclic) bond motifs is 2. The summed E-state index contributed by atoms with van der Waals surface area (Å²) in [4.78, 5) is 0. The third kappa shape index (κ3) is 1.72. The summed E-state index contributed by atoms with van der Waals surface area (Å²) in [5.74, 6) is 6.52. The number of hydrogen-bond donors (Lipinski definition) is 1. The van der Waals surface area contributed by atoms with Crippen LogP contribution in [0.5, 0.6) is 0 Å². The molecule has 0 aromatic rings. The van der Waals surface area contributed by atoms with Gasteiger partial charge < -0.3 is 10.5 Å². The molecule has 13 heavy (non-hydrogen) atoms. The van der Waals surface area contributed by atoms with Gasteiger partial charge in [0.05, 0.1) is 12.2 Å². The summed E-state index contributed by atoms with van der Waals surface area (Å²) in [7, 11) is 0. The Balaban J connectivity index is 1.89. The maximum Gasteiger partial charge on any atom is 0.0624 e. The predicted octanol–water partition coefficient (Wildman–Crippen LogP) is 1.29. The maximum absolute atomic E-state index is 6.07. The molecule has 0 radical (unpaired) electrons. The van der Waals surface area contributed by atoms with Crippen molar-refractivity contribution in [3.8, 4) is 11.8 Å². The molecule has 2 bridgehead atoms. The Kier molecular flexibility index (Phi) is 2.57. The van der Waals surface area contributed by atoms with Crippen LogP contribution in [0.2, 0.25) is 0 Å². The van der Waals surface area contributed by atoms with Gasteiger partial charge in [0.2, 0.25) is 0 Å². The van der Waals surface area contributed by atoms with Gasteiger partial charge in [-0.2, -0.15) is 0 Å². The minimum atomic E-state index is 0.225. The van der Waals surface area contributed by atoms with Crippen LogP contribution in [-0.2, 0) is 4.74 Å². The van der Waals surface area contributed by atoms with E-state index in [1.54, 1.807) is 0 Å². The molecule has 4 unspecified atom stereocenters. The van der Waals surface area contributed by atoms with E-state index in [9.17, 15) is 0 Å². The summed E-state index contributed by atoms with van der Waals surface area (Å²) >= 11 is 0. The Morgan fingerprint density at radius 3 is 2.92 bits per heavy atom. The smallest absolute Gasteiger partial charge is 0.0624 e. The van der Waals surface area contributed by atoms with Crippen LogP contribution in [0, 0.1) is 17.8 Å². The van der Waals surface area contributed by atoms with Gasteiger partial charge in [0.25, 0.3) is 0 Å². The van der Waals surface area contributed by atoms with Crippen LogP contribution in [0.4, 0.5) is 0 Å². The third-order valence-corrected chi connectivity index (χ3v) is 3.22. The Morgan fingerprint density at radius 1 is 1.54 bits per heavy atom. The molecular weight excluding hydrogens is 162 g/mol. The average molecular weight is 179 g/mol. The fourth-order valence-corrected chi connectivity index (χ4v) is 2.50. The van der Waals surface area contributed by atoms with Gasteiger partial charge in [-0.1, -0.05) is 0 Å². The lowest BCUT2D eigenvalue weighted by Crippen LogP contribution is -2.35. The normalized spacial score (nSPS) is 38.5. The van der Waals surface area contributed by atoms with Crippen molar-refractivity contribution in [2.75, 3.05) is 0 Å². The molecular formula is C11H17NO. The van der Waals surface area contributed by atoms with Gasteiger partial charge in [-0.15, -0.1) is 11.8 Å². The number of rotatable bonds is 2. The first-order valence-electron chi connectivity index (χ1n) is 5.12. The van der Waals surface area contributed by atoms with Crippen molar-refractivity contribution in [3.05, 3.63) is 0 Å². The molecule has 2 aliphatic rings. The SMILES string of the molecule is CC#CCC(N)C1CC2CCC1O2. The summed E-state index contributed by atoms with van der Waals surface area (Å²) in [5, 5.41) is 0. The van der Waals surface area contributed by atoms with Crippen molar-refractivity contribution in [3.63, 3.8) is 0 Å². The summed E-state index contributed by atoms with van der Waals surface area (Å²) in [6.45, 7) is 1.87. The maximum atomic E-state index is 6.07. The molecule has 0 spiro atoms. The van der Waals surface area contributed by atoms with Gasteiger partial charge in [-0.05, 0) is 26.2 Å². The van der Waals surface area contributed by atoms with Gasteiger partial charge in [0.1, 0.15) is 0 Å². The fraction of sp³-hybridized carbons (Fsp3) is 0.818. The number of nitrogens with two attached hydrogens (primary N) is 1. The van der Waals surface area contributed by atoms with E-state index in [4.69, 9.17) is 10.5 Å². The first-order valence-corrected chi connectivity index (χ1v) is 5.12. The minimum absolute atomic E-state index is 0.225. The standard InChI is InChI=1S/C11H17NO/c1-2-3-4-10(12)9-7-8-5-6-11(9)13-8/h8-11H,4-7,12H2,1H3. The highest BCUT2D eigenvalue weighted by molar-refractivity contribution is 5.02. The van der Waals surface area contributed by atoms with E-state index in [2.05, 4.69) is 11.8 Å². The second kappa shape index (κ2) is 3.69.